The minimum absolute atomic E-state index is 0.0631. The number of aromatic nitrogens is 3. The summed E-state index contributed by atoms with van der Waals surface area (Å²) >= 11 is 0. The van der Waals surface area contributed by atoms with E-state index in [1.807, 2.05) is 0 Å². The minimum Gasteiger partial charge on any atom is -0.461 e. The monoisotopic (exact) mass is 540 g/mol. The average Bonchev–Trinajstić information content (AvgIpc) is 3.08. The number of ether oxygens (including phenoxy) is 2. The van der Waals surface area contributed by atoms with Gasteiger partial charge in [-0.3, -0.25) is 9.05 Å². The predicted octanol–water partition coefficient (Wildman–Crippen LogP) is 1.38. The molecule has 6 atom stereocenters. The van der Waals surface area contributed by atoms with Gasteiger partial charge in [0.2, 0.25) is 11.9 Å². The van der Waals surface area contributed by atoms with Crippen LogP contribution in [0.25, 0.3) is 0 Å². The van der Waals surface area contributed by atoms with Crippen molar-refractivity contribution in [2.45, 2.75) is 57.1 Å². The summed E-state index contributed by atoms with van der Waals surface area (Å²) in [5.74, 6) is 0.753. The number of phosphoric acid groups is 1. The number of hydrogen-bond acceptors (Lipinski definition) is 12. The highest BCUT2D eigenvalue weighted by molar-refractivity contribution is 7.49. The number of carbonyl (C=O) groups is 1. The number of esters is 1. The number of nitrogens with two attached hydrogens (primary N) is 1. The highest BCUT2D eigenvalue weighted by Crippen LogP contribution is 2.52. The van der Waals surface area contributed by atoms with Crippen LogP contribution in [0.4, 0.5) is 10.2 Å². The Labute approximate surface area is 211 Å². The molecule has 0 aliphatic carbocycles. The predicted molar refractivity (Wildman–Crippen MR) is 126 cm³/mol. The number of carbonyl (C=O) groups excluding carboxylic acids is 1. The summed E-state index contributed by atoms with van der Waals surface area (Å²) in [5, 5.41) is 14.3. The Bertz CT molecular complexity index is 1250. The fourth-order valence-electron chi connectivity index (χ4n) is 3.22. The molecule has 1 aliphatic rings. The van der Waals surface area contributed by atoms with Crippen molar-refractivity contribution < 1.29 is 41.9 Å². The molecule has 2 heterocycles. The van der Waals surface area contributed by atoms with Crippen LogP contribution in [0.1, 0.15) is 27.0 Å². The van der Waals surface area contributed by atoms with Crippen molar-refractivity contribution in [3.8, 4) is 18.1 Å². The van der Waals surface area contributed by atoms with Gasteiger partial charge in [-0.25, -0.2) is 18.5 Å². The first-order chi connectivity index (χ1) is 17.4. The van der Waals surface area contributed by atoms with E-state index in [4.69, 9.17) is 35.2 Å². The Kier molecular flexibility index (Phi) is 8.68. The fourth-order valence-corrected chi connectivity index (χ4v) is 4.56. The summed E-state index contributed by atoms with van der Waals surface area (Å²) in [4.78, 5) is 27.8. The molecule has 15 heteroatoms. The maximum atomic E-state index is 15.6. The SMILES string of the molecule is C#CC1(F)[C@@H](O)[C@@H](CO[P@](=O)(Oc2ccccc2)O[C@@H](C)C(=O)OC(C)C)O[C@H]1n1ncc(N)nc1=O. The van der Waals surface area contributed by atoms with E-state index in [0.29, 0.717) is 4.68 Å². The van der Waals surface area contributed by atoms with Crippen LogP contribution in [0.2, 0.25) is 0 Å². The molecule has 0 bridgehead atoms. The number of alkyl halides is 1. The number of rotatable bonds is 10. The largest absolute Gasteiger partial charge is 0.530 e. The summed E-state index contributed by atoms with van der Waals surface area (Å²) in [6, 6.07) is 7.74. The fraction of sp³-hybridized carbons (Fsp3) is 0.455. The highest BCUT2D eigenvalue weighted by atomic mass is 31.2. The molecule has 3 N–H and O–H groups in total. The van der Waals surface area contributed by atoms with E-state index in [-0.39, 0.29) is 11.6 Å². The maximum absolute atomic E-state index is 15.6. The first-order valence-electron chi connectivity index (χ1n) is 11.0. The molecule has 1 aliphatic heterocycles. The Morgan fingerprint density at radius 2 is 2.05 bits per heavy atom. The lowest BCUT2D eigenvalue weighted by Gasteiger charge is -2.24. The van der Waals surface area contributed by atoms with E-state index in [1.165, 1.54) is 19.1 Å². The molecule has 1 fully saturated rings. The number of nitrogens with zero attached hydrogens (tertiary/aromatic N) is 3. The number of aliphatic hydroxyl groups is 1. The van der Waals surface area contributed by atoms with Gasteiger partial charge in [-0.05, 0) is 32.9 Å². The van der Waals surface area contributed by atoms with E-state index in [9.17, 15) is 19.3 Å². The van der Waals surface area contributed by atoms with Gasteiger partial charge in [0.05, 0.1) is 18.9 Å². The number of hydrogen-bond donors (Lipinski definition) is 2. The van der Waals surface area contributed by atoms with E-state index >= 15 is 4.39 Å². The summed E-state index contributed by atoms with van der Waals surface area (Å²) in [7, 11) is -4.61. The van der Waals surface area contributed by atoms with E-state index in [2.05, 4.69) is 10.1 Å². The van der Waals surface area contributed by atoms with Gasteiger partial charge >= 0.3 is 19.5 Å². The van der Waals surface area contributed by atoms with Crippen molar-refractivity contribution in [1.29, 1.82) is 0 Å². The van der Waals surface area contributed by atoms with Gasteiger partial charge in [-0.1, -0.05) is 24.1 Å². The van der Waals surface area contributed by atoms with Gasteiger partial charge in [-0.15, -0.1) is 6.42 Å². The lowest BCUT2D eigenvalue weighted by molar-refractivity contribution is -0.156. The number of benzene rings is 1. The summed E-state index contributed by atoms with van der Waals surface area (Å²) < 4.78 is 56.0. The van der Waals surface area contributed by atoms with Crippen LogP contribution in [0.3, 0.4) is 0 Å². The minimum atomic E-state index is -4.61. The van der Waals surface area contributed by atoms with Crippen molar-refractivity contribution in [3.05, 3.63) is 47.0 Å². The number of phosphoric ester groups is 1. The summed E-state index contributed by atoms with van der Waals surface area (Å²) in [6.07, 6.45) is -1.17. The molecule has 13 nitrogen and oxygen atoms in total. The Morgan fingerprint density at radius 1 is 1.38 bits per heavy atom. The zero-order valence-corrected chi connectivity index (χ0v) is 21.0. The number of halogens is 1. The number of anilines is 1. The molecule has 1 saturated heterocycles. The Hall–Kier alpha value is -3.34. The second-order valence-electron chi connectivity index (χ2n) is 8.17. The van der Waals surface area contributed by atoms with Crippen molar-refractivity contribution in [1.82, 2.24) is 14.8 Å². The molecule has 3 rings (SSSR count). The van der Waals surface area contributed by atoms with Crippen LogP contribution in [-0.2, 0) is 27.9 Å². The molecule has 200 valence electrons. The van der Waals surface area contributed by atoms with Gasteiger partial charge in [0.15, 0.2) is 6.10 Å². The van der Waals surface area contributed by atoms with Crippen molar-refractivity contribution >= 4 is 19.6 Å². The summed E-state index contributed by atoms with van der Waals surface area (Å²) in [5.41, 5.74) is 1.36. The van der Waals surface area contributed by atoms with Crippen LogP contribution in [-0.4, -0.2) is 62.5 Å². The molecule has 1 aromatic heterocycles. The molecule has 0 radical (unpaired) electrons. The highest BCUT2D eigenvalue weighted by Gasteiger charge is 2.59. The Morgan fingerprint density at radius 3 is 2.65 bits per heavy atom. The number of nitrogen functional groups attached to an aromatic ring is 1. The number of terminal acetylenes is 1. The molecule has 1 aromatic carbocycles. The molecule has 2 aromatic rings. The van der Waals surface area contributed by atoms with Gasteiger partial charge in [0.25, 0.3) is 0 Å². The van der Waals surface area contributed by atoms with Gasteiger partial charge in [-0.2, -0.15) is 14.8 Å². The van der Waals surface area contributed by atoms with Crippen LogP contribution < -0.4 is 15.9 Å². The van der Waals surface area contributed by atoms with Crippen molar-refractivity contribution in [3.63, 3.8) is 0 Å². The quantitative estimate of drug-likeness (QED) is 0.252. The van der Waals surface area contributed by atoms with Crippen LogP contribution in [0.15, 0.2) is 41.3 Å². The van der Waals surface area contributed by atoms with Crippen molar-refractivity contribution in [2.75, 3.05) is 12.3 Å². The third kappa shape index (κ3) is 6.51. The van der Waals surface area contributed by atoms with Gasteiger partial charge in [0.1, 0.15) is 23.8 Å². The van der Waals surface area contributed by atoms with E-state index in [0.717, 1.165) is 6.20 Å². The van der Waals surface area contributed by atoms with Crippen molar-refractivity contribution in [2.24, 2.45) is 0 Å². The number of aliphatic hydroxyl groups excluding tert-OH is 1. The first-order valence-corrected chi connectivity index (χ1v) is 12.4. The summed E-state index contributed by atoms with van der Waals surface area (Å²) in [6.45, 7) is 3.70. The zero-order valence-electron chi connectivity index (χ0n) is 20.1. The standard InChI is InChI=1S/C22H26FN4O9P/c1-5-22(23)18(28)16(34-20(22)27-21(30)26-17(24)11-25-27)12-32-37(31,36-15-9-7-6-8-10-15)35-14(4)19(29)33-13(2)3/h1,6-11,13-14,16,18,20,28H,12H2,2-4H3,(H2,24,26,30)/t14-,16+,18-,20+,22?,37-/m0/s1. The molecule has 0 amide bonds. The zero-order chi connectivity index (χ0) is 27.4. The second kappa shape index (κ2) is 11.4. The molecule has 37 heavy (non-hydrogen) atoms. The molecule has 1 unspecified atom stereocenters. The number of para-hydroxylation sites is 1. The lowest BCUT2D eigenvalue weighted by Crippen LogP contribution is -2.45. The molecular weight excluding hydrogens is 514 g/mol. The van der Waals surface area contributed by atoms with Crippen LogP contribution in [0.5, 0.6) is 5.75 Å². The second-order valence-corrected chi connectivity index (χ2v) is 9.72. The Balaban J connectivity index is 1.83. The average molecular weight is 540 g/mol. The maximum Gasteiger partial charge on any atom is 0.530 e. The van der Waals surface area contributed by atoms with E-state index < -0.39 is 62.4 Å². The van der Waals surface area contributed by atoms with Gasteiger partial charge < -0.3 is 24.8 Å². The molecular formula is C22H26FN4O9P. The topological polar surface area (TPSA) is 174 Å². The van der Waals surface area contributed by atoms with Crippen LogP contribution >= 0.6 is 7.82 Å². The third-order valence-electron chi connectivity index (χ3n) is 4.95. The van der Waals surface area contributed by atoms with Crippen LogP contribution in [0, 0.1) is 12.3 Å². The smallest absolute Gasteiger partial charge is 0.461 e. The molecule has 0 spiro atoms. The molecule has 0 saturated carbocycles. The normalized spacial score (nSPS) is 25.7. The third-order valence-corrected chi connectivity index (χ3v) is 6.43. The van der Waals surface area contributed by atoms with Gasteiger partial charge in [0, 0.05) is 0 Å². The van der Waals surface area contributed by atoms with E-state index in [1.54, 1.807) is 38.0 Å². The first kappa shape index (κ1) is 28.2. The lowest BCUT2D eigenvalue weighted by atomic mass is 9.97.